The van der Waals surface area contributed by atoms with Crippen LogP contribution < -0.4 is 10.6 Å². The second kappa shape index (κ2) is 11.0. The topological polar surface area (TPSA) is 30.5 Å². The molecular formula is C38H54N4. The smallest absolute Gasteiger partial charge is 0.0143 e. The summed E-state index contributed by atoms with van der Waals surface area (Å²) < 4.78 is 0. The Labute approximate surface area is 255 Å². The Morgan fingerprint density at radius 3 is 1.95 bits per heavy atom. The Morgan fingerprint density at radius 1 is 0.690 bits per heavy atom. The van der Waals surface area contributed by atoms with E-state index in [9.17, 15) is 0 Å². The van der Waals surface area contributed by atoms with Crippen LogP contribution in [0.5, 0.6) is 0 Å². The number of hydrogen-bond donors (Lipinski definition) is 2. The van der Waals surface area contributed by atoms with Gasteiger partial charge in [-0.15, -0.1) is 0 Å². The monoisotopic (exact) mass is 566 g/mol. The molecule has 2 aromatic carbocycles. The SMILES string of the molecule is C[C@@H]1CC(c2cccc(C3C[C@@H]3NCC3(CN4CCC[C@@H]4C)CC3)c2)CN1CC1(CNC2CC2c2ccccc2)CC1. The molecule has 226 valence electrons. The lowest BCUT2D eigenvalue weighted by atomic mass is 9.94. The molecule has 7 atom stereocenters. The molecule has 6 fully saturated rings. The Bertz CT molecular complexity index is 1230. The highest BCUT2D eigenvalue weighted by Crippen LogP contribution is 2.50. The van der Waals surface area contributed by atoms with Gasteiger partial charge in [0.1, 0.15) is 0 Å². The number of likely N-dealkylation sites (tertiary alicyclic amines) is 2. The lowest BCUT2D eigenvalue weighted by molar-refractivity contribution is 0.209. The van der Waals surface area contributed by atoms with Crippen molar-refractivity contribution in [1.82, 2.24) is 20.4 Å². The molecule has 0 radical (unpaired) electrons. The molecule has 0 spiro atoms. The predicted octanol–water partition coefficient (Wildman–Crippen LogP) is 6.50. The van der Waals surface area contributed by atoms with Crippen LogP contribution >= 0.6 is 0 Å². The third kappa shape index (κ3) is 5.99. The van der Waals surface area contributed by atoms with Gasteiger partial charge in [-0.2, -0.15) is 0 Å². The maximum Gasteiger partial charge on any atom is 0.0143 e. The summed E-state index contributed by atoms with van der Waals surface area (Å²) in [5.74, 6) is 2.15. The number of nitrogens with one attached hydrogen (secondary N) is 2. The standard InChI is InChI=1S/C38H54N4/c1-27-8-7-17-41(27)25-37(13-14-37)23-40-36-21-34(36)31-12-6-11-30(19-31)32-18-28(2)42(22-32)26-38(15-16-38)24-39-35-20-33(35)29-9-4-3-5-10-29/h3-6,9-12,19,27-28,32-36,39-40H,7-8,13-18,20-26H2,1-2H3/t27-,28+,32?,33?,34?,35?,36-/m0/s1. The first-order valence-electron chi connectivity index (χ1n) is 17.6. The molecule has 2 aliphatic heterocycles. The van der Waals surface area contributed by atoms with Gasteiger partial charge in [-0.1, -0.05) is 54.6 Å². The maximum absolute atomic E-state index is 4.03. The van der Waals surface area contributed by atoms with Crippen molar-refractivity contribution in [3.8, 4) is 0 Å². The van der Waals surface area contributed by atoms with E-state index >= 15 is 0 Å². The van der Waals surface area contributed by atoms with Gasteiger partial charge in [0.2, 0.25) is 0 Å². The van der Waals surface area contributed by atoms with Crippen molar-refractivity contribution in [1.29, 1.82) is 0 Å². The summed E-state index contributed by atoms with van der Waals surface area (Å²) in [7, 11) is 0. The van der Waals surface area contributed by atoms with Crippen molar-refractivity contribution in [3.05, 3.63) is 71.3 Å². The number of hydrogen-bond acceptors (Lipinski definition) is 4. The molecule has 2 aromatic rings. The first kappa shape index (κ1) is 27.8. The van der Waals surface area contributed by atoms with Gasteiger partial charge in [0.05, 0.1) is 0 Å². The van der Waals surface area contributed by atoms with Gasteiger partial charge in [-0.3, -0.25) is 4.90 Å². The fourth-order valence-electron chi connectivity index (χ4n) is 8.80. The molecule has 0 bridgehead atoms. The summed E-state index contributed by atoms with van der Waals surface area (Å²) in [6.07, 6.45) is 12.4. The fraction of sp³-hybridized carbons (Fsp3) is 0.684. The highest BCUT2D eigenvalue weighted by molar-refractivity contribution is 5.35. The summed E-state index contributed by atoms with van der Waals surface area (Å²) >= 11 is 0. The molecule has 0 aromatic heterocycles. The van der Waals surface area contributed by atoms with Crippen LogP contribution in [0.2, 0.25) is 0 Å². The van der Waals surface area contributed by atoms with Gasteiger partial charge in [-0.25, -0.2) is 0 Å². The van der Waals surface area contributed by atoms with Crippen molar-refractivity contribution in [2.45, 2.75) is 114 Å². The lowest BCUT2D eigenvalue weighted by Gasteiger charge is -2.27. The Balaban J connectivity index is 0.813. The highest BCUT2D eigenvalue weighted by atomic mass is 15.2. The van der Waals surface area contributed by atoms with E-state index in [1.807, 2.05) is 0 Å². The zero-order valence-corrected chi connectivity index (χ0v) is 26.2. The van der Waals surface area contributed by atoms with E-state index in [4.69, 9.17) is 0 Å². The molecule has 4 nitrogen and oxygen atoms in total. The quantitative estimate of drug-likeness (QED) is 0.290. The van der Waals surface area contributed by atoms with E-state index in [2.05, 4.69) is 88.9 Å². The molecule has 0 amide bonds. The largest absolute Gasteiger partial charge is 0.313 e. The molecule has 8 rings (SSSR count). The lowest BCUT2D eigenvalue weighted by Crippen LogP contribution is -2.38. The van der Waals surface area contributed by atoms with Gasteiger partial charge in [-0.05, 0) is 112 Å². The minimum atomic E-state index is 0.521. The van der Waals surface area contributed by atoms with Gasteiger partial charge in [0, 0.05) is 68.7 Å². The summed E-state index contributed by atoms with van der Waals surface area (Å²) in [4.78, 5) is 5.61. The Morgan fingerprint density at radius 2 is 1.31 bits per heavy atom. The minimum absolute atomic E-state index is 0.521. The van der Waals surface area contributed by atoms with Crippen LogP contribution in [0.1, 0.15) is 106 Å². The van der Waals surface area contributed by atoms with Gasteiger partial charge < -0.3 is 15.5 Å². The third-order valence-electron chi connectivity index (χ3n) is 12.5. The average Bonchev–Trinajstić information content (AvgIpc) is 3.86. The van der Waals surface area contributed by atoms with Crippen LogP contribution in [-0.4, -0.2) is 73.2 Å². The number of benzene rings is 2. The van der Waals surface area contributed by atoms with Crippen molar-refractivity contribution in [3.63, 3.8) is 0 Å². The second-order valence-corrected chi connectivity index (χ2v) is 15.9. The summed E-state index contributed by atoms with van der Waals surface area (Å²) in [5.41, 5.74) is 5.81. The van der Waals surface area contributed by atoms with Crippen LogP contribution in [0.4, 0.5) is 0 Å². The molecule has 4 heteroatoms. The third-order valence-corrected chi connectivity index (χ3v) is 12.5. The van der Waals surface area contributed by atoms with Gasteiger partial charge >= 0.3 is 0 Å². The average molecular weight is 567 g/mol. The van der Waals surface area contributed by atoms with Crippen LogP contribution in [0.15, 0.2) is 54.6 Å². The van der Waals surface area contributed by atoms with Crippen molar-refractivity contribution in [2.24, 2.45) is 10.8 Å². The molecule has 4 saturated carbocycles. The molecule has 4 aliphatic carbocycles. The van der Waals surface area contributed by atoms with Crippen LogP contribution in [0.3, 0.4) is 0 Å². The normalized spacial score (nSPS) is 36.3. The highest BCUT2D eigenvalue weighted by Gasteiger charge is 2.49. The zero-order chi connectivity index (χ0) is 28.3. The molecule has 4 unspecified atom stereocenters. The summed E-state index contributed by atoms with van der Waals surface area (Å²) in [6.45, 7) is 12.5. The van der Waals surface area contributed by atoms with Crippen molar-refractivity contribution < 1.29 is 0 Å². The molecule has 2 heterocycles. The zero-order valence-electron chi connectivity index (χ0n) is 26.2. The number of rotatable bonds is 13. The molecule has 6 aliphatic rings. The van der Waals surface area contributed by atoms with Crippen molar-refractivity contribution >= 4 is 0 Å². The van der Waals surface area contributed by atoms with E-state index < -0.39 is 0 Å². The Hall–Kier alpha value is -1.72. The van der Waals surface area contributed by atoms with Crippen LogP contribution in [0, 0.1) is 10.8 Å². The maximum atomic E-state index is 4.03. The first-order valence-corrected chi connectivity index (χ1v) is 17.6. The predicted molar refractivity (Wildman–Crippen MR) is 173 cm³/mol. The second-order valence-electron chi connectivity index (χ2n) is 15.9. The van der Waals surface area contributed by atoms with Crippen LogP contribution in [0.25, 0.3) is 0 Å². The Kier molecular flexibility index (Phi) is 7.29. The fourth-order valence-corrected chi connectivity index (χ4v) is 8.80. The van der Waals surface area contributed by atoms with E-state index in [0.29, 0.717) is 34.9 Å². The number of nitrogens with zero attached hydrogens (tertiary/aromatic N) is 2. The van der Waals surface area contributed by atoms with Crippen molar-refractivity contribution in [2.75, 3.05) is 39.3 Å². The van der Waals surface area contributed by atoms with Gasteiger partial charge in [0.15, 0.2) is 0 Å². The molecular weight excluding hydrogens is 512 g/mol. The minimum Gasteiger partial charge on any atom is -0.313 e. The molecule has 2 N–H and O–H groups in total. The molecule has 42 heavy (non-hydrogen) atoms. The van der Waals surface area contributed by atoms with Crippen LogP contribution in [-0.2, 0) is 0 Å². The van der Waals surface area contributed by atoms with E-state index in [1.54, 1.807) is 11.1 Å². The van der Waals surface area contributed by atoms with E-state index in [0.717, 1.165) is 17.9 Å². The van der Waals surface area contributed by atoms with Gasteiger partial charge in [0.25, 0.3) is 0 Å². The summed E-state index contributed by atoms with van der Waals surface area (Å²) in [6, 6.07) is 23.8. The summed E-state index contributed by atoms with van der Waals surface area (Å²) in [5, 5.41) is 8.01. The first-order chi connectivity index (χ1) is 20.5. The van der Waals surface area contributed by atoms with E-state index in [1.165, 1.54) is 103 Å². The molecule has 2 saturated heterocycles. The van der Waals surface area contributed by atoms with E-state index in [-0.39, 0.29) is 0 Å².